The van der Waals surface area contributed by atoms with Crippen LogP contribution in [0.2, 0.25) is 0 Å². The van der Waals surface area contributed by atoms with Crippen LogP contribution in [0.4, 0.5) is 0 Å². The van der Waals surface area contributed by atoms with Crippen molar-refractivity contribution in [3.63, 3.8) is 0 Å². The molecule has 0 saturated carbocycles. The monoisotopic (exact) mass is 293 g/mol. The van der Waals surface area contributed by atoms with Gasteiger partial charge in [-0.3, -0.25) is 10.1 Å². The number of methoxy groups -OCH3 is 1. The summed E-state index contributed by atoms with van der Waals surface area (Å²) in [6.45, 7) is 4.40. The highest BCUT2D eigenvalue weighted by Gasteiger charge is 2.21. The highest BCUT2D eigenvalue weighted by molar-refractivity contribution is 5.75. The molecular formula is C14H19N3O4. The van der Waals surface area contributed by atoms with Gasteiger partial charge in [0, 0.05) is 0 Å². The summed E-state index contributed by atoms with van der Waals surface area (Å²) in [5.41, 5.74) is 0. The molecule has 1 unspecified atom stereocenters. The van der Waals surface area contributed by atoms with Crippen LogP contribution in [0, 0.1) is 5.92 Å². The van der Waals surface area contributed by atoms with Gasteiger partial charge in [-0.05, 0) is 24.5 Å². The van der Waals surface area contributed by atoms with Crippen LogP contribution in [-0.2, 0) is 16.1 Å². The van der Waals surface area contributed by atoms with Gasteiger partial charge in [-0.1, -0.05) is 19.0 Å². The van der Waals surface area contributed by atoms with Crippen molar-refractivity contribution in [3.8, 4) is 11.7 Å². The number of ether oxygens (including phenoxy) is 1. The lowest BCUT2D eigenvalue weighted by Crippen LogP contribution is -2.38. The van der Waals surface area contributed by atoms with Crippen LogP contribution in [0.5, 0.6) is 0 Å². The largest absolute Gasteiger partial charge is 0.468 e. The van der Waals surface area contributed by atoms with Crippen molar-refractivity contribution in [2.45, 2.75) is 32.9 Å². The lowest BCUT2D eigenvalue weighted by molar-refractivity contribution is -0.143. The van der Waals surface area contributed by atoms with Crippen LogP contribution < -0.4 is 5.32 Å². The van der Waals surface area contributed by atoms with Crippen LogP contribution in [0.15, 0.2) is 27.3 Å². The molecule has 2 rings (SSSR count). The summed E-state index contributed by atoms with van der Waals surface area (Å²) < 4.78 is 15.1. The predicted molar refractivity (Wildman–Crippen MR) is 74.1 cm³/mol. The first-order chi connectivity index (χ1) is 10.1. The van der Waals surface area contributed by atoms with E-state index < -0.39 is 0 Å². The van der Waals surface area contributed by atoms with Crippen molar-refractivity contribution in [2.75, 3.05) is 7.11 Å². The van der Waals surface area contributed by atoms with E-state index in [-0.39, 0.29) is 12.0 Å². The van der Waals surface area contributed by atoms with E-state index in [1.807, 2.05) is 13.8 Å². The number of esters is 1. The quantitative estimate of drug-likeness (QED) is 0.781. The van der Waals surface area contributed by atoms with Crippen molar-refractivity contribution >= 4 is 5.97 Å². The maximum atomic E-state index is 11.7. The van der Waals surface area contributed by atoms with Crippen molar-refractivity contribution in [1.82, 2.24) is 15.5 Å². The van der Waals surface area contributed by atoms with Crippen LogP contribution >= 0.6 is 0 Å². The molecule has 0 aromatic carbocycles. The Morgan fingerprint density at radius 1 is 1.48 bits per heavy atom. The number of furan rings is 1. The third-order valence-electron chi connectivity index (χ3n) is 2.90. The molecule has 0 aliphatic carbocycles. The second-order valence-electron chi connectivity index (χ2n) is 5.08. The van der Waals surface area contributed by atoms with Gasteiger partial charge < -0.3 is 13.7 Å². The lowest BCUT2D eigenvalue weighted by Gasteiger charge is -2.17. The number of rotatable bonds is 7. The van der Waals surface area contributed by atoms with Gasteiger partial charge >= 0.3 is 5.97 Å². The van der Waals surface area contributed by atoms with Gasteiger partial charge in [0.15, 0.2) is 11.6 Å². The number of nitrogens with zero attached hydrogens (tertiary/aromatic N) is 2. The zero-order chi connectivity index (χ0) is 15.2. The van der Waals surface area contributed by atoms with Gasteiger partial charge in [-0.2, -0.15) is 4.98 Å². The van der Waals surface area contributed by atoms with E-state index in [9.17, 15) is 4.79 Å². The Bertz CT molecular complexity index is 563. The summed E-state index contributed by atoms with van der Waals surface area (Å²) in [6, 6.07) is 3.09. The molecule has 0 aliphatic rings. The number of nitrogens with one attached hydrogen (secondary N) is 1. The first-order valence-corrected chi connectivity index (χ1v) is 6.77. The minimum atomic E-state index is -0.388. The molecule has 2 aromatic heterocycles. The molecule has 0 saturated heterocycles. The number of hydrogen-bond donors (Lipinski definition) is 1. The third-order valence-corrected chi connectivity index (χ3v) is 2.90. The van der Waals surface area contributed by atoms with Gasteiger partial charge in [-0.25, -0.2) is 0 Å². The Balaban J connectivity index is 1.96. The Hall–Kier alpha value is -2.15. The highest BCUT2D eigenvalue weighted by atomic mass is 16.5. The van der Waals surface area contributed by atoms with Gasteiger partial charge in [-0.15, -0.1) is 0 Å². The minimum absolute atomic E-state index is 0.293. The van der Waals surface area contributed by atoms with Gasteiger partial charge in [0.05, 0.1) is 19.9 Å². The molecule has 1 N–H and O–H groups in total. The molecule has 114 valence electrons. The average Bonchev–Trinajstić information content (AvgIpc) is 3.12. The van der Waals surface area contributed by atoms with E-state index in [0.29, 0.717) is 36.4 Å². The van der Waals surface area contributed by atoms with Crippen LogP contribution in [-0.4, -0.2) is 29.3 Å². The minimum Gasteiger partial charge on any atom is -0.468 e. The maximum Gasteiger partial charge on any atom is 0.322 e. The van der Waals surface area contributed by atoms with Crippen molar-refractivity contribution < 1.29 is 18.5 Å². The van der Waals surface area contributed by atoms with Gasteiger partial charge in [0.2, 0.25) is 0 Å². The average molecular weight is 293 g/mol. The molecule has 2 aromatic rings. The molecule has 21 heavy (non-hydrogen) atoms. The number of carbonyl (C=O) groups is 1. The van der Waals surface area contributed by atoms with Crippen LogP contribution in [0.25, 0.3) is 11.7 Å². The third kappa shape index (κ3) is 4.16. The molecule has 0 fully saturated rings. The Kier molecular flexibility index (Phi) is 5.10. The molecule has 2 heterocycles. The Labute approximate surface area is 122 Å². The summed E-state index contributed by atoms with van der Waals surface area (Å²) >= 11 is 0. The van der Waals surface area contributed by atoms with E-state index in [1.165, 1.54) is 13.4 Å². The summed E-state index contributed by atoms with van der Waals surface area (Å²) in [7, 11) is 1.38. The fourth-order valence-electron chi connectivity index (χ4n) is 1.92. The maximum absolute atomic E-state index is 11.7. The Morgan fingerprint density at radius 2 is 2.29 bits per heavy atom. The van der Waals surface area contributed by atoms with Crippen molar-refractivity contribution in [1.29, 1.82) is 0 Å². The first kappa shape index (κ1) is 15.2. The number of aromatic nitrogens is 2. The van der Waals surface area contributed by atoms with Crippen LogP contribution in [0.3, 0.4) is 0 Å². The summed E-state index contributed by atoms with van der Waals surface area (Å²) in [4.78, 5) is 15.9. The van der Waals surface area contributed by atoms with E-state index in [2.05, 4.69) is 15.5 Å². The second kappa shape index (κ2) is 7.03. The zero-order valence-electron chi connectivity index (χ0n) is 12.3. The highest BCUT2D eigenvalue weighted by Crippen LogP contribution is 2.17. The summed E-state index contributed by atoms with van der Waals surface area (Å²) in [6.07, 6.45) is 2.21. The molecule has 0 spiro atoms. The van der Waals surface area contributed by atoms with E-state index >= 15 is 0 Å². The molecule has 7 heteroatoms. The standard InChI is InChI=1S/C14H19N3O4/c1-9(2)7-10(14(18)19-3)15-8-12-16-13(21-17-12)11-5-4-6-20-11/h4-6,9-10,15H,7-8H2,1-3H3. The summed E-state index contributed by atoms with van der Waals surface area (Å²) in [5.74, 6) is 1.36. The molecule has 0 aliphatic heterocycles. The molecule has 0 radical (unpaired) electrons. The SMILES string of the molecule is COC(=O)C(CC(C)C)NCc1noc(-c2ccco2)n1. The number of hydrogen-bond acceptors (Lipinski definition) is 7. The van der Waals surface area contributed by atoms with Crippen molar-refractivity contribution in [2.24, 2.45) is 5.92 Å². The topological polar surface area (TPSA) is 90.4 Å². The molecule has 7 nitrogen and oxygen atoms in total. The van der Waals surface area contributed by atoms with Crippen LogP contribution in [0.1, 0.15) is 26.1 Å². The summed E-state index contributed by atoms with van der Waals surface area (Å²) in [5, 5.41) is 6.93. The normalized spacial score (nSPS) is 12.6. The van der Waals surface area contributed by atoms with Crippen molar-refractivity contribution in [3.05, 3.63) is 24.2 Å². The Morgan fingerprint density at radius 3 is 2.90 bits per heavy atom. The fraction of sp³-hybridized carbons (Fsp3) is 0.500. The first-order valence-electron chi connectivity index (χ1n) is 6.77. The predicted octanol–water partition coefficient (Wildman–Crippen LogP) is 2.01. The smallest absolute Gasteiger partial charge is 0.322 e. The molecule has 0 amide bonds. The lowest BCUT2D eigenvalue weighted by atomic mass is 10.0. The molecule has 1 atom stereocenters. The van der Waals surface area contributed by atoms with E-state index in [1.54, 1.807) is 12.1 Å². The fourth-order valence-corrected chi connectivity index (χ4v) is 1.92. The van der Waals surface area contributed by atoms with Gasteiger partial charge in [0.1, 0.15) is 6.04 Å². The van der Waals surface area contributed by atoms with E-state index in [0.717, 1.165) is 0 Å². The number of carbonyl (C=O) groups excluding carboxylic acids is 1. The molecular weight excluding hydrogens is 274 g/mol. The van der Waals surface area contributed by atoms with Gasteiger partial charge in [0.25, 0.3) is 5.89 Å². The molecule has 0 bridgehead atoms. The zero-order valence-corrected chi connectivity index (χ0v) is 12.3. The second-order valence-corrected chi connectivity index (χ2v) is 5.08. The van der Waals surface area contributed by atoms with E-state index in [4.69, 9.17) is 13.7 Å².